The number of benzene rings is 1. The summed E-state index contributed by atoms with van der Waals surface area (Å²) in [5, 5.41) is 5.69. The van der Waals surface area contributed by atoms with E-state index in [1.54, 1.807) is 0 Å². The number of hydrogen-bond acceptors (Lipinski definition) is 3. The molecule has 2 amide bonds. The SMILES string of the molecule is Cc1cccc(O[C@@H](C)CNC(=O)NC[C@@H]2CCOC2)c1. The second kappa shape index (κ2) is 7.88. The lowest BCUT2D eigenvalue weighted by molar-refractivity contribution is 0.184. The molecule has 1 saturated heterocycles. The molecule has 0 spiro atoms. The summed E-state index contributed by atoms with van der Waals surface area (Å²) in [5.41, 5.74) is 1.16. The molecular weight excluding hydrogens is 268 g/mol. The van der Waals surface area contributed by atoms with Gasteiger partial charge in [-0.2, -0.15) is 0 Å². The molecule has 0 aliphatic carbocycles. The first-order valence-electron chi connectivity index (χ1n) is 7.46. The standard InChI is InChI=1S/C16H24N2O3/c1-12-4-3-5-15(8-12)21-13(2)9-17-16(19)18-10-14-6-7-20-11-14/h3-5,8,13-14H,6-7,9-11H2,1-2H3,(H2,17,18,19)/t13-,14-/m0/s1. The van der Waals surface area contributed by atoms with Gasteiger partial charge in [-0.25, -0.2) is 4.79 Å². The van der Waals surface area contributed by atoms with E-state index in [2.05, 4.69) is 10.6 Å². The lowest BCUT2D eigenvalue weighted by Gasteiger charge is -2.16. The Balaban J connectivity index is 1.63. The summed E-state index contributed by atoms with van der Waals surface area (Å²) in [5.74, 6) is 1.27. The Bertz CT molecular complexity index is 459. The van der Waals surface area contributed by atoms with E-state index < -0.39 is 0 Å². The average molecular weight is 292 g/mol. The Labute approximate surface area is 126 Å². The number of amides is 2. The summed E-state index contributed by atoms with van der Waals surface area (Å²) < 4.78 is 11.0. The topological polar surface area (TPSA) is 59.6 Å². The van der Waals surface area contributed by atoms with E-state index in [9.17, 15) is 4.79 Å². The molecule has 2 atom stereocenters. The van der Waals surface area contributed by atoms with Gasteiger partial charge in [-0.05, 0) is 38.0 Å². The van der Waals surface area contributed by atoms with Crippen molar-refractivity contribution in [2.75, 3.05) is 26.3 Å². The van der Waals surface area contributed by atoms with E-state index in [0.29, 0.717) is 19.0 Å². The third-order valence-corrected chi connectivity index (χ3v) is 3.45. The maximum absolute atomic E-state index is 11.7. The van der Waals surface area contributed by atoms with Crippen LogP contribution in [0.1, 0.15) is 18.9 Å². The van der Waals surface area contributed by atoms with Crippen LogP contribution in [-0.4, -0.2) is 38.4 Å². The van der Waals surface area contributed by atoms with Gasteiger partial charge in [0.2, 0.25) is 0 Å². The van der Waals surface area contributed by atoms with Gasteiger partial charge in [0.25, 0.3) is 0 Å². The minimum Gasteiger partial charge on any atom is -0.489 e. The highest BCUT2D eigenvalue weighted by Crippen LogP contribution is 2.14. The summed E-state index contributed by atoms with van der Waals surface area (Å²) in [6, 6.07) is 7.74. The summed E-state index contributed by atoms with van der Waals surface area (Å²) in [7, 11) is 0. The van der Waals surface area contributed by atoms with Crippen LogP contribution >= 0.6 is 0 Å². The van der Waals surface area contributed by atoms with Gasteiger partial charge < -0.3 is 20.1 Å². The third kappa shape index (κ3) is 5.63. The van der Waals surface area contributed by atoms with Crippen molar-refractivity contribution < 1.29 is 14.3 Å². The van der Waals surface area contributed by atoms with Crippen LogP contribution in [0.3, 0.4) is 0 Å². The molecule has 2 N–H and O–H groups in total. The zero-order valence-corrected chi connectivity index (χ0v) is 12.7. The van der Waals surface area contributed by atoms with Crippen molar-refractivity contribution in [2.24, 2.45) is 5.92 Å². The Morgan fingerprint density at radius 3 is 3.05 bits per heavy atom. The molecule has 0 bridgehead atoms. The average Bonchev–Trinajstić information content (AvgIpc) is 2.96. The predicted octanol–water partition coefficient (Wildman–Crippen LogP) is 2.10. The molecule has 2 rings (SSSR count). The minimum atomic E-state index is -0.151. The van der Waals surface area contributed by atoms with Crippen LogP contribution in [0.15, 0.2) is 24.3 Å². The van der Waals surface area contributed by atoms with Gasteiger partial charge >= 0.3 is 6.03 Å². The fraction of sp³-hybridized carbons (Fsp3) is 0.562. The molecule has 0 saturated carbocycles. The van der Waals surface area contributed by atoms with Crippen molar-refractivity contribution in [1.29, 1.82) is 0 Å². The minimum absolute atomic E-state index is 0.0765. The van der Waals surface area contributed by atoms with E-state index in [4.69, 9.17) is 9.47 Å². The van der Waals surface area contributed by atoms with Crippen molar-refractivity contribution in [3.63, 3.8) is 0 Å². The number of rotatable bonds is 6. The van der Waals surface area contributed by atoms with Crippen molar-refractivity contribution >= 4 is 6.03 Å². The Kier molecular flexibility index (Phi) is 5.87. The number of carbonyl (C=O) groups is 1. The van der Waals surface area contributed by atoms with Crippen LogP contribution in [0.4, 0.5) is 4.79 Å². The number of carbonyl (C=O) groups excluding carboxylic acids is 1. The first-order valence-corrected chi connectivity index (χ1v) is 7.46. The maximum atomic E-state index is 11.7. The molecule has 1 heterocycles. The van der Waals surface area contributed by atoms with Crippen LogP contribution in [0.25, 0.3) is 0 Å². The lowest BCUT2D eigenvalue weighted by atomic mass is 10.1. The van der Waals surface area contributed by atoms with Crippen molar-refractivity contribution in [2.45, 2.75) is 26.4 Å². The molecule has 1 aliphatic rings. The van der Waals surface area contributed by atoms with Gasteiger partial charge in [-0.3, -0.25) is 0 Å². The largest absolute Gasteiger partial charge is 0.489 e. The molecule has 1 fully saturated rings. The van der Waals surface area contributed by atoms with Crippen LogP contribution in [0.2, 0.25) is 0 Å². The number of urea groups is 1. The lowest BCUT2D eigenvalue weighted by Crippen LogP contribution is -2.42. The van der Waals surface area contributed by atoms with Gasteiger partial charge in [-0.1, -0.05) is 12.1 Å². The second-order valence-corrected chi connectivity index (χ2v) is 5.57. The summed E-state index contributed by atoms with van der Waals surface area (Å²) >= 11 is 0. The van der Waals surface area contributed by atoms with Crippen LogP contribution < -0.4 is 15.4 Å². The number of aryl methyl sites for hydroxylation is 1. The molecule has 1 aromatic rings. The zero-order valence-electron chi connectivity index (χ0n) is 12.7. The summed E-state index contributed by atoms with van der Waals surface area (Å²) in [4.78, 5) is 11.7. The van der Waals surface area contributed by atoms with E-state index in [0.717, 1.165) is 30.9 Å². The zero-order chi connectivity index (χ0) is 15.1. The van der Waals surface area contributed by atoms with Crippen LogP contribution in [0, 0.1) is 12.8 Å². The Morgan fingerprint density at radius 1 is 1.48 bits per heavy atom. The molecule has 1 aromatic carbocycles. The van der Waals surface area contributed by atoms with Gasteiger partial charge in [0, 0.05) is 19.1 Å². The first kappa shape index (κ1) is 15.6. The smallest absolute Gasteiger partial charge is 0.314 e. The molecule has 1 aliphatic heterocycles. The maximum Gasteiger partial charge on any atom is 0.314 e. The third-order valence-electron chi connectivity index (χ3n) is 3.45. The Hall–Kier alpha value is -1.75. The summed E-state index contributed by atoms with van der Waals surface area (Å²) in [6.07, 6.45) is 0.944. The summed E-state index contributed by atoms with van der Waals surface area (Å²) in [6.45, 7) is 6.64. The van der Waals surface area contributed by atoms with Crippen molar-refractivity contribution in [1.82, 2.24) is 10.6 Å². The molecule has 0 aromatic heterocycles. The van der Waals surface area contributed by atoms with Gasteiger partial charge in [-0.15, -0.1) is 0 Å². The molecule has 0 unspecified atom stereocenters. The fourth-order valence-corrected chi connectivity index (χ4v) is 2.24. The number of hydrogen-bond donors (Lipinski definition) is 2. The van der Waals surface area contributed by atoms with E-state index in [-0.39, 0.29) is 12.1 Å². The molecule has 5 nitrogen and oxygen atoms in total. The Morgan fingerprint density at radius 2 is 2.33 bits per heavy atom. The highest BCUT2D eigenvalue weighted by atomic mass is 16.5. The van der Waals surface area contributed by atoms with Crippen LogP contribution in [0.5, 0.6) is 5.75 Å². The van der Waals surface area contributed by atoms with Crippen molar-refractivity contribution in [3.05, 3.63) is 29.8 Å². The van der Waals surface area contributed by atoms with Gasteiger partial charge in [0.1, 0.15) is 11.9 Å². The highest BCUT2D eigenvalue weighted by molar-refractivity contribution is 5.73. The highest BCUT2D eigenvalue weighted by Gasteiger charge is 2.16. The van der Waals surface area contributed by atoms with Gasteiger partial charge in [0.15, 0.2) is 0 Å². The molecule has 0 radical (unpaired) electrons. The van der Waals surface area contributed by atoms with E-state index >= 15 is 0 Å². The molecule has 116 valence electrons. The van der Waals surface area contributed by atoms with Crippen molar-refractivity contribution in [3.8, 4) is 5.75 Å². The molecule has 21 heavy (non-hydrogen) atoms. The quantitative estimate of drug-likeness (QED) is 0.844. The monoisotopic (exact) mass is 292 g/mol. The predicted molar refractivity (Wildman–Crippen MR) is 81.6 cm³/mol. The number of ether oxygens (including phenoxy) is 2. The van der Waals surface area contributed by atoms with E-state index in [1.165, 1.54) is 0 Å². The number of nitrogens with one attached hydrogen (secondary N) is 2. The first-order chi connectivity index (χ1) is 10.1. The van der Waals surface area contributed by atoms with Gasteiger partial charge in [0.05, 0.1) is 13.2 Å². The van der Waals surface area contributed by atoms with Crippen LogP contribution in [-0.2, 0) is 4.74 Å². The normalized spacial score (nSPS) is 19.0. The molecule has 5 heteroatoms. The molecular formula is C16H24N2O3. The fourth-order valence-electron chi connectivity index (χ4n) is 2.24. The van der Waals surface area contributed by atoms with E-state index in [1.807, 2.05) is 38.1 Å². The second-order valence-electron chi connectivity index (χ2n) is 5.57.